The number of piperidine rings is 1. The number of ether oxygens (including phenoxy) is 1. The summed E-state index contributed by atoms with van der Waals surface area (Å²) in [4.78, 5) is 16.3. The van der Waals surface area contributed by atoms with Gasteiger partial charge in [0.2, 0.25) is 0 Å². The number of carbonyl (C=O) groups excluding carboxylic acids is 1. The van der Waals surface area contributed by atoms with Crippen LogP contribution in [0, 0.1) is 18.0 Å². The molecule has 1 aromatic heterocycles. The van der Waals surface area contributed by atoms with E-state index in [0.29, 0.717) is 34.5 Å². The zero-order valence-corrected chi connectivity index (χ0v) is 14.3. The first-order valence-corrected chi connectivity index (χ1v) is 8.82. The zero-order chi connectivity index (χ0) is 16.9. The first kappa shape index (κ1) is 16.9. The van der Waals surface area contributed by atoms with Gasteiger partial charge in [0.05, 0.1) is 18.0 Å². The van der Waals surface area contributed by atoms with Crippen LogP contribution >= 0.6 is 11.3 Å². The van der Waals surface area contributed by atoms with Gasteiger partial charge < -0.3 is 10.1 Å². The van der Waals surface area contributed by atoms with Crippen molar-refractivity contribution in [2.45, 2.75) is 19.8 Å². The van der Waals surface area contributed by atoms with Crippen molar-refractivity contribution in [2.24, 2.45) is 5.92 Å². The molecule has 2 heterocycles. The SMILES string of the molecule is Cc1nc(-c2ccccc2NC(=O)OCC2CCNCC2)sc1F. The van der Waals surface area contributed by atoms with Crippen molar-refractivity contribution in [2.75, 3.05) is 25.0 Å². The first-order valence-electron chi connectivity index (χ1n) is 8.00. The van der Waals surface area contributed by atoms with Crippen molar-refractivity contribution < 1.29 is 13.9 Å². The van der Waals surface area contributed by atoms with Crippen LogP contribution in [0.15, 0.2) is 24.3 Å². The minimum atomic E-state index is -0.491. The summed E-state index contributed by atoms with van der Waals surface area (Å²) in [5.41, 5.74) is 1.62. The Balaban J connectivity index is 1.65. The van der Waals surface area contributed by atoms with Gasteiger partial charge in [-0.05, 0) is 50.9 Å². The lowest BCUT2D eigenvalue weighted by atomic mass is 9.99. The summed E-state index contributed by atoms with van der Waals surface area (Å²) in [5.74, 6) is 0.406. The molecule has 1 amide bonds. The van der Waals surface area contributed by atoms with Crippen molar-refractivity contribution in [1.29, 1.82) is 0 Å². The summed E-state index contributed by atoms with van der Waals surface area (Å²) >= 11 is 0.968. The largest absolute Gasteiger partial charge is 0.449 e. The molecule has 1 saturated heterocycles. The van der Waals surface area contributed by atoms with Gasteiger partial charge in [0.1, 0.15) is 5.01 Å². The lowest BCUT2D eigenvalue weighted by Crippen LogP contribution is -2.31. The van der Waals surface area contributed by atoms with Gasteiger partial charge >= 0.3 is 6.09 Å². The highest BCUT2D eigenvalue weighted by molar-refractivity contribution is 7.13. The van der Waals surface area contributed by atoms with Gasteiger partial charge in [0, 0.05) is 5.56 Å². The predicted molar refractivity (Wildman–Crippen MR) is 92.8 cm³/mol. The molecule has 0 aliphatic carbocycles. The van der Waals surface area contributed by atoms with E-state index in [0.717, 1.165) is 37.3 Å². The molecule has 0 saturated carbocycles. The summed E-state index contributed by atoms with van der Waals surface area (Å²) < 4.78 is 18.9. The number of aromatic nitrogens is 1. The number of anilines is 1. The number of amides is 1. The van der Waals surface area contributed by atoms with E-state index < -0.39 is 6.09 Å². The van der Waals surface area contributed by atoms with Crippen LogP contribution < -0.4 is 10.6 Å². The highest BCUT2D eigenvalue weighted by atomic mass is 32.1. The highest BCUT2D eigenvalue weighted by Gasteiger charge is 2.17. The molecule has 2 aromatic rings. The smallest absolute Gasteiger partial charge is 0.411 e. The Morgan fingerprint density at radius 2 is 2.17 bits per heavy atom. The van der Waals surface area contributed by atoms with Gasteiger partial charge in [-0.1, -0.05) is 23.5 Å². The number of nitrogens with zero attached hydrogens (tertiary/aromatic N) is 1. The number of carbonyl (C=O) groups is 1. The van der Waals surface area contributed by atoms with E-state index in [-0.39, 0.29) is 5.13 Å². The van der Waals surface area contributed by atoms with Crippen LogP contribution in [-0.4, -0.2) is 30.8 Å². The Hall–Kier alpha value is -1.99. The number of nitrogens with one attached hydrogen (secondary N) is 2. The first-order chi connectivity index (χ1) is 11.6. The van der Waals surface area contributed by atoms with Gasteiger partial charge in [-0.15, -0.1) is 0 Å². The Bertz CT molecular complexity index is 694. The van der Waals surface area contributed by atoms with Crippen LogP contribution in [0.5, 0.6) is 0 Å². The molecule has 0 unspecified atom stereocenters. The summed E-state index contributed by atoms with van der Waals surface area (Å²) in [6.07, 6.45) is 1.54. The highest BCUT2D eigenvalue weighted by Crippen LogP contribution is 2.32. The fourth-order valence-electron chi connectivity index (χ4n) is 2.66. The Morgan fingerprint density at radius 1 is 1.42 bits per heavy atom. The van der Waals surface area contributed by atoms with Crippen molar-refractivity contribution in [3.05, 3.63) is 35.1 Å². The van der Waals surface area contributed by atoms with Crippen molar-refractivity contribution in [1.82, 2.24) is 10.3 Å². The molecule has 0 bridgehead atoms. The van der Waals surface area contributed by atoms with E-state index in [1.807, 2.05) is 12.1 Å². The topological polar surface area (TPSA) is 63.2 Å². The molecule has 128 valence electrons. The van der Waals surface area contributed by atoms with Gasteiger partial charge in [-0.3, -0.25) is 5.32 Å². The Morgan fingerprint density at radius 3 is 2.88 bits per heavy atom. The van der Waals surface area contributed by atoms with Crippen LogP contribution in [0.3, 0.4) is 0 Å². The maximum atomic E-state index is 13.6. The maximum absolute atomic E-state index is 13.6. The Kier molecular flexibility index (Phi) is 5.42. The third kappa shape index (κ3) is 4.10. The minimum absolute atomic E-state index is 0.312. The second kappa shape index (κ2) is 7.72. The van der Waals surface area contributed by atoms with Crippen LogP contribution in [-0.2, 0) is 4.74 Å². The Labute approximate surface area is 144 Å². The fraction of sp³-hybridized carbons (Fsp3) is 0.412. The lowest BCUT2D eigenvalue weighted by Gasteiger charge is -2.22. The van der Waals surface area contributed by atoms with E-state index >= 15 is 0 Å². The molecule has 5 nitrogen and oxygen atoms in total. The van der Waals surface area contributed by atoms with E-state index in [4.69, 9.17) is 4.74 Å². The number of para-hydroxylation sites is 1. The molecule has 0 radical (unpaired) electrons. The van der Waals surface area contributed by atoms with Crippen LogP contribution in [0.1, 0.15) is 18.5 Å². The lowest BCUT2D eigenvalue weighted by molar-refractivity contribution is 0.131. The summed E-state index contributed by atoms with van der Waals surface area (Å²) in [7, 11) is 0. The quantitative estimate of drug-likeness (QED) is 0.881. The molecule has 1 fully saturated rings. The fourth-order valence-corrected chi connectivity index (χ4v) is 3.49. The van der Waals surface area contributed by atoms with E-state index in [1.165, 1.54) is 0 Å². The number of hydrogen-bond acceptors (Lipinski definition) is 5. The molecular weight excluding hydrogens is 329 g/mol. The van der Waals surface area contributed by atoms with Gasteiger partial charge in [-0.25, -0.2) is 9.78 Å². The molecule has 2 N–H and O–H groups in total. The normalized spacial score (nSPS) is 15.2. The molecular formula is C17H20FN3O2S. The van der Waals surface area contributed by atoms with Gasteiger partial charge in [0.15, 0.2) is 5.13 Å². The van der Waals surface area contributed by atoms with Crippen molar-refractivity contribution >= 4 is 23.1 Å². The predicted octanol–water partition coefficient (Wildman–Crippen LogP) is 3.81. The summed E-state index contributed by atoms with van der Waals surface area (Å²) in [5, 5.41) is 6.26. The molecule has 1 aromatic carbocycles. The molecule has 0 atom stereocenters. The van der Waals surface area contributed by atoms with Crippen LogP contribution in [0.25, 0.3) is 10.6 Å². The molecule has 1 aliphatic heterocycles. The third-order valence-corrected chi connectivity index (χ3v) is 5.02. The molecule has 24 heavy (non-hydrogen) atoms. The van der Waals surface area contributed by atoms with Gasteiger partial charge in [-0.2, -0.15) is 4.39 Å². The van der Waals surface area contributed by atoms with E-state index in [1.54, 1.807) is 19.1 Å². The number of halogens is 1. The second-order valence-corrected chi connectivity index (χ2v) is 6.79. The number of thiazole rings is 1. The summed E-state index contributed by atoms with van der Waals surface area (Å²) in [6, 6.07) is 7.20. The summed E-state index contributed by atoms with van der Waals surface area (Å²) in [6.45, 7) is 3.97. The van der Waals surface area contributed by atoms with Crippen LogP contribution in [0.2, 0.25) is 0 Å². The molecule has 0 spiro atoms. The van der Waals surface area contributed by atoms with Gasteiger partial charge in [0.25, 0.3) is 0 Å². The number of hydrogen-bond donors (Lipinski definition) is 2. The molecule has 1 aliphatic rings. The van der Waals surface area contributed by atoms with Crippen molar-refractivity contribution in [3.8, 4) is 10.6 Å². The second-order valence-electron chi connectivity index (χ2n) is 5.84. The zero-order valence-electron chi connectivity index (χ0n) is 13.5. The number of aryl methyl sites for hydroxylation is 1. The monoisotopic (exact) mass is 349 g/mol. The molecule has 7 heteroatoms. The number of rotatable bonds is 4. The average Bonchev–Trinajstić information content (AvgIpc) is 2.93. The average molecular weight is 349 g/mol. The molecule has 3 rings (SSSR count). The van der Waals surface area contributed by atoms with E-state index in [2.05, 4.69) is 15.6 Å². The maximum Gasteiger partial charge on any atom is 0.411 e. The minimum Gasteiger partial charge on any atom is -0.449 e. The van der Waals surface area contributed by atoms with Crippen LogP contribution in [0.4, 0.5) is 14.9 Å². The number of benzene rings is 1. The van der Waals surface area contributed by atoms with E-state index in [9.17, 15) is 9.18 Å². The van der Waals surface area contributed by atoms with Crippen molar-refractivity contribution in [3.63, 3.8) is 0 Å². The third-order valence-electron chi connectivity index (χ3n) is 4.04. The standard InChI is InChI=1S/C17H20FN3O2S/c1-11-15(18)24-16(20-11)13-4-2-3-5-14(13)21-17(22)23-10-12-6-8-19-9-7-12/h2-5,12,19H,6-10H2,1H3,(H,21,22).